The van der Waals surface area contributed by atoms with E-state index in [1.165, 1.54) is 36.4 Å². The molecule has 2 amide bonds. The monoisotopic (exact) mass is 436 g/mol. The fourth-order valence-corrected chi connectivity index (χ4v) is 2.57. The molecule has 0 aliphatic rings. The Morgan fingerprint density at radius 2 is 1.66 bits per heavy atom. The number of amides is 2. The van der Waals surface area contributed by atoms with E-state index in [-0.39, 0.29) is 36.1 Å². The van der Waals surface area contributed by atoms with E-state index < -0.39 is 12.1 Å². The van der Waals surface area contributed by atoms with Crippen LogP contribution in [0.15, 0.2) is 65.5 Å². The first-order valence-electron chi connectivity index (χ1n) is 9.63. The second-order valence-corrected chi connectivity index (χ2v) is 6.45. The average molecular weight is 436 g/mol. The summed E-state index contributed by atoms with van der Waals surface area (Å²) >= 11 is 0. The number of anilines is 1. The molecular formula is C22H20N4O6. The first-order chi connectivity index (χ1) is 15.4. The van der Waals surface area contributed by atoms with Gasteiger partial charge in [0.1, 0.15) is 11.4 Å². The molecule has 0 unspecified atom stereocenters. The molecule has 3 aromatic rings. The zero-order chi connectivity index (χ0) is 22.9. The Balaban J connectivity index is 1.52. The Bertz CT molecular complexity index is 1140. The van der Waals surface area contributed by atoms with Crippen molar-refractivity contribution in [1.82, 2.24) is 15.5 Å². The molecule has 3 N–H and O–H groups in total. The normalized spacial score (nSPS) is 10.2. The van der Waals surface area contributed by atoms with Crippen LogP contribution in [0.3, 0.4) is 0 Å². The van der Waals surface area contributed by atoms with E-state index in [1.807, 2.05) is 0 Å². The number of ether oxygens (including phenoxy) is 2. The second-order valence-electron chi connectivity index (χ2n) is 6.45. The molecule has 164 valence electrons. The van der Waals surface area contributed by atoms with E-state index in [2.05, 4.69) is 25.6 Å². The number of carbonyl (C=O) groups is 3. The molecule has 0 fully saturated rings. The first kappa shape index (κ1) is 22.2. The van der Waals surface area contributed by atoms with Gasteiger partial charge in [-0.1, -0.05) is 12.1 Å². The molecule has 1 heterocycles. The molecule has 0 atom stereocenters. The number of carbonyl (C=O) groups excluding carboxylic acids is 3. The van der Waals surface area contributed by atoms with E-state index in [0.29, 0.717) is 11.3 Å². The van der Waals surface area contributed by atoms with Crippen molar-refractivity contribution in [2.24, 2.45) is 0 Å². The number of hydrogen-bond donors (Lipinski definition) is 3. The number of rotatable bonds is 7. The lowest BCUT2D eigenvalue weighted by Crippen LogP contribution is -2.25. The molecule has 0 saturated heterocycles. The van der Waals surface area contributed by atoms with Gasteiger partial charge in [0.25, 0.3) is 17.4 Å². The third-order valence-electron chi connectivity index (χ3n) is 4.16. The summed E-state index contributed by atoms with van der Waals surface area (Å²) in [5.74, 6) is -0.490. The van der Waals surface area contributed by atoms with Crippen LogP contribution in [0, 0.1) is 0 Å². The van der Waals surface area contributed by atoms with E-state index >= 15 is 0 Å². The summed E-state index contributed by atoms with van der Waals surface area (Å²) in [5.41, 5.74) is 1.47. The number of nitrogens with zero attached hydrogens (tertiary/aromatic N) is 1. The highest BCUT2D eigenvalue weighted by Gasteiger charge is 2.10. The van der Waals surface area contributed by atoms with Gasteiger partial charge in [-0.05, 0) is 55.0 Å². The molecule has 1 aromatic heterocycles. The van der Waals surface area contributed by atoms with Crippen molar-refractivity contribution < 1.29 is 23.9 Å². The predicted octanol–water partition coefficient (Wildman–Crippen LogP) is 2.49. The summed E-state index contributed by atoms with van der Waals surface area (Å²) in [6.07, 6.45) is -0.809. The zero-order valence-electron chi connectivity index (χ0n) is 17.1. The van der Waals surface area contributed by atoms with E-state index in [9.17, 15) is 19.2 Å². The van der Waals surface area contributed by atoms with Crippen LogP contribution in [-0.2, 0) is 11.3 Å². The van der Waals surface area contributed by atoms with Crippen molar-refractivity contribution in [2.75, 3.05) is 11.9 Å². The highest BCUT2D eigenvalue weighted by molar-refractivity contribution is 6.04. The third-order valence-corrected chi connectivity index (χ3v) is 4.16. The largest absolute Gasteiger partial charge is 0.513 e. The fraction of sp³-hybridized carbons (Fsp3) is 0.136. The Kier molecular flexibility index (Phi) is 7.31. The topological polar surface area (TPSA) is 139 Å². The second kappa shape index (κ2) is 10.5. The molecule has 0 aliphatic heterocycles. The number of aromatic nitrogens is 2. The number of benzene rings is 2. The summed E-state index contributed by atoms with van der Waals surface area (Å²) in [7, 11) is 0. The van der Waals surface area contributed by atoms with E-state index in [1.54, 1.807) is 31.2 Å². The minimum absolute atomic E-state index is 0.104. The molecule has 10 heteroatoms. The van der Waals surface area contributed by atoms with Crippen molar-refractivity contribution >= 4 is 23.7 Å². The molecule has 10 nitrogen and oxygen atoms in total. The van der Waals surface area contributed by atoms with Gasteiger partial charge in [0.2, 0.25) is 0 Å². The van der Waals surface area contributed by atoms with E-state index in [0.717, 1.165) is 5.56 Å². The molecule has 0 radical (unpaired) electrons. The quantitative estimate of drug-likeness (QED) is 0.382. The van der Waals surface area contributed by atoms with Crippen LogP contribution in [0.25, 0.3) is 0 Å². The summed E-state index contributed by atoms with van der Waals surface area (Å²) in [6.45, 7) is 2.12. The summed E-state index contributed by atoms with van der Waals surface area (Å²) in [6, 6.07) is 15.5. The van der Waals surface area contributed by atoms with Crippen LogP contribution in [0.5, 0.6) is 5.75 Å². The van der Waals surface area contributed by atoms with Crippen molar-refractivity contribution in [3.05, 3.63) is 87.8 Å². The van der Waals surface area contributed by atoms with Gasteiger partial charge in [-0.25, -0.2) is 9.89 Å². The van der Waals surface area contributed by atoms with Crippen molar-refractivity contribution in [3.63, 3.8) is 0 Å². The molecule has 0 spiro atoms. The lowest BCUT2D eigenvalue weighted by molar-refractivity contribution is 0.0943. The van der Waals surface area contributed by atoms with Crippen LogP contribution in [0.1, 0.15) is 33.3 Å². The molecule has 0 bridgehead atoms. The highest BCUT2D eigenvalue weighted by atomic mass is 16.7. The lowest BCUT2D eigenvalue weighted by Gasteiger charge is -2.08. The predicted molar refractivity (Wildman–Crippen MR) is 115 cm³/mol. The molecule has 0 aliphatic carbocycles. The Morgan fingerprint density at radius 3 is 2.28 bits per heavy atom. The Labute approximate surface area is 182 Å². The maximum Gasteiger partial charge on any atom is 0.513 e. The molecule has 3 rings (SSSR count). The van der Waals surface area contributed by atoms with Crippen LogP contribution in [0.4, 0.5) is 10.5 Å². The van der Waals surface area contributed by atoms with Gasteiger partial charge in [0.15, 0.2) is 0 Å². The van der Waals surface area contributed by atoms with Crippen molar-refractivity contribution in [2.45, 2.75) is 13.5 Å². The minimum Gasteiger partial charge on any atom is -0.434 e. The van der Waals surface area contributed by atoms with Crippen LogP contribution >= 0.6 is 0 Å². The smallest absolute Gasteiger partial charge is 0.434 e. The number of nitrogens with one attached hydrogen (secondary N) is 3. The van der Waals surface area contributed by atoms with Gasteiger partial charge in [-0.3, -0.25) is 14.4 Å². The third kappa shape index (κ3) is 6.26. The Hall–Kier alpha value is -4.47. The minimum atomic E-state index is -0.809. The molecule has 32 heavy (non-hydrogen) atoms. The average Bonchev–Trinajstić information content (AvgIpc) is 2.79. The van der Waals surface area contributed by atoms with Crippen molar-refractivity contribution in [3.8, 4) is 5.75 Å². The summed E-state index contributed by atoms with van der Waals surface area (Å²) in [5, 5.41) is 11.3. The highest BCUT2D eigenvalue weighted by Crippen LogP contribution is 2.15. The van der Waals surface area contributed by atoms with Crippen LogP contribution in [0.2, 0.25) is 0 Å². The molecule has 2 aromatic carbocycles. The number of aromatic amines is 1. The molecule has 0 saturated carbocycles. The van der Waals surface area contributed by atoms with Gasteiger partial charge >= 0.3 is 6.16 Å². The SMILES string of the molecule is CCOC(=O)Oc1ccc(C(=O)Nc2ccc(CNC(=O)c3ccc(=O)[nH]n3)cc2)cc1. The zero-order valence-corrected chi connectivity index (χ0v) is 17.1. The van der Waals surface area contributed by atoms with Crippen LogP contribution < -0.4 is 20.9 Å². The number of H-pyrrole nitrogens is 1. The van der Waals surface area contributed by atoms with Gasteiger partial charge in [0, 0.05) is 23.9 Å². The van der Waals surface area contributed by atoms with Gasteiger partial charge in [-0.2, -0.15) is 5.10 Å². The lowest BCUT2D eigenvalue weighted by atomic mass is 10.1. The van der Waals surface area contributed by atoms with Gasteiger partial charge in [-0.15, -0.1) is 0 Å². The maximum atomic E-state index is 12.4. The van der Waals surface area contributed by atoms with Crippen LogP contribution in [-0.4, -0.2) is 34.8 Å². The standard InChI is InChI=1S/C22H20N4O6/c1-2-31-22(30)32-17-9-5-15(6-10-17)20(28)24-16-7-3-14(4-8-16)13-23-21(29)18-11-12-19(27)26-25-18/h3-12H,2,13H2,1H3,(H,23,29)(H,24,28)(H,26,27). The summed E-state index contributed by atoms with van der Waals surface area (Å²) < 4.78 is 9.64. The van der Waals surface area contributed by atoms with E-state index in [4.69, 9.17) is 4.74 Å². The Morgan fingerprint density at radius 1 is 0.938 bits per heavy atom. The molecular weight excluding hydrogens is 416 g/mol. The number of hydrogen-bond acceptors (Lipinski definition) is 7. The first-order valence-corrected chi connectivity index (χ1v) is 9.63. The fourth-order valence-electron chi connectivity index (χ4n) is 2.57. The summed E-state index contributed by atoms with van der Waals surface area (Å²) in [4.78, 5) is 46.7. The van der Waals surface area contributed by atoms with Gasteiger partial charge < -0.3 is 20.1 Å². The van der Waals surface area contributed by atoms with Crippen molar-refractivity contribution in [1.29, 1.82) is 0 Å². The van der Waals surface area contributed by atoms with Gasteiger partial charge in [0.05, 0.1) is 6.61 Å². The maximum absolute atomic E-state index is 12.4.